The lowest BCUT2D eigenvalue weighted by atomic mass is 10.2. The van der Waals surface area contributed by atoms with Crippen LogP contribution >= 0.6 is 0 Å². The molecule has 0 bridgehead atoms. The molecule has 2 heterocycles. The van der Waals surface area contributed by atoms with Gasteiger partial charge < -0.3 is 24.6 Å². The van der Waals surface area contributed by atoms with Crippen LogP contribution < -0.4 is 15.0 Å². The maximum absolute atomic E-state index is 12.8. The van der Waals surface area contributed by atoms with Gasteiger partial charge in [0.25, 0.3) is 0 Å². The van der Waals surface area contributed by atoms with Crippen molar-refractivity contribution in [3.63, 3.8) is 0 Å². The van der Waals surface area contributed by atoms with Crippen molar-refractivity contribution < 1.29 is 14.3 Å². The fraction of sp³-hybridized carbons (Fsp3) is 0.409. The second kappa shape index (κ2) is 8.52. The molecule has 6 heteroatoms. The van der Waals surface area contributed by atoms with Crippen LogP contribution in [-0.2, 0) is 16.1 Å². The van der Waals surface area contributed by atoms with Crippen LogP contribution in [0, 0.1) is 0 Å². The van der Waals surface area contributed by atoms with Gasteiger partial charge >= 0.3 is 0 Å². The van der Waals surface area contributed by atoms with E-state index in [4.69, 9.17) is 9.47 Å². The van der Waals surface area contributed by atoms with Crippen LogP contribution in [0.15, 0.2) is 48.5 Å². The van der Waals surface area contributed by atoms with Crippen LogP contribution in [0.5, 0.6) is 5.75 Å². The van der Waals surface area contributed by atoms with Gasteiger partial charge in [0.05, 0.1) is 20.3 Å². The van der Waals surface area contributed by atoms with E-state index in [1.807, 2.05) is 41.3 Å². The average molecular weight is 381 g/mol. The molecule has 0 saturated carbocycles. The van der Waals surface area contributed by atoms with E-state index in [2.05, 4.69) is 22.3 Å². The van der Waals surface area contributed by atoms with Gasteiger partial charge in [0.2, 0.25) is 5.91 Å². The third-order valence-corrected chi connectivity index (χ3v) is 5.39. The van der Waals surface area contributed by atoms with Crippen molar-refractivity contribution in [3.8, 4) is 5.75 Å². The zero-order valence-electron chi connectivity index (χ0n) is 16.3. The number of hydrogen-bond acceptors (Lipinski definition) is 5. The van der Waals surface area contributed by atoms with Crippen LogP contribution in [0.2, 0.25) is 0 Å². The minimum absolute atomic E-state index is 0.160. The molecule has 0 aromatic heterocycles. The number of likely N-dealkylation sites (tertiary alicyclic amines) is 1. The molecule has 1 atom stereocenters. The Labute approximate surface area is 166 Å². The van der Waals surface area contributed by atoms with E-state index in [0.717, 1.165) is 56.3 Å². The fourth-order valence-corrected chi connectivity index (χ4v) is 3.80. The third kappa shape index (κ3) is 4.22. The van der Waals surface area contributed by atoms with Crippen molar-refractivity contribution in [2.24, 2.45) is 0 Å². The van der Waals surface area contributed by atoms with Crippen molar-refractivity contribution in [3.05, 3.63) is 54.1 Å². The maximum atomic E-state index is 12.8. The standard InChI is InChI=1S/C22H27N3O3/c1-27-20-7-5-17(6-8-20)16-25-10-9-21(22(25)26)23-18-3-2-4-19(15-18)24-11-13-28-14-12-24/h2-8,15,21,23H,9-14,16H2,1H3. The molecule has 2 aromatic carbocycles. The number of nitrogens with zero attached hydrogens (tertiary/aromatic N) is 2. The second-order valence-corrected chi connectivity index (χ2v) is 7.24. The molecule has 0 radical (unpaired) electrons. The van der Waals surface area contributed by atoms with Gasteiger partial charge in [-0.2, -0.15) is 0 Å². The number of amides is 1. The molecule has 2 aliphatic heterocycles. The van der Waals surface area contributed by atoms with Gasteiger partial charge in [0.1, 0.15) is 11.8 Å². The molecule has 2 aliphatic rings. The van der Waals surface area contributed by atoms with E-state index in [-0.39, 0.29) is 11.9 Å². The number of hydrogen-bond donors (Lipinski definition) is 1. The van der Waals surface area contributed by atoms with Gasteiger partial charge in [-0.1, -0.05) is 18.2 Å². The van der Waals surface area contributed by atoms with E-state index in [1.165, 1.54) is 5.69 Å². The normalized spacial score (nSPS) is 19.8. The van der Waals surface area contributed by atoms with E-state index in [1.54, 1.807) is 7.11 Å². The third-order valence-electron chi connectivity index (χ3n) is 5.39. The Morgan fingerprint density at radius 3 is 2.64 bits per heavy atom. The van der Waals surface area contributed by atoms with Crippen molar-refractivity contribution >= 4 is 17.3 Å². The molecule has 2 saturated heterocycles. The van der Waals surface area contributed by atoms with Crippen LogP contribution in [0.25, 0.3) is 0 Å². The molecular weight excluding hydrogens is 354 g/mol. The number of anilines is 2. The molecule has 1 unspecified atom stereocenters. The largest absolute Gasteiger partial charge is 0.497 e. The van der Waals surface area contributed by atoms with Crippen LogP contribution in [-0.4, -0.2) is 56.8 Å². The average Bonchev–Trinajstić information content (AvgIpc) is 3.09. The first-order valence-electron chi connectivity index (χ1n) is 9.84. The van der Waals surface area contributed by atoms with Gasteiger partial charge in [-0.3, -0.25) is 4.79 Å². The summed E-state index contributed by atoms with van der Waals surface area (Å²) in [5, 5.41) is 3.43. The summed E-state index contributed by atoms with van der Waals surface area (Å²) in [5.41, 5.74) is 3.28. The number of carbonyl (C=O) groups excluding carboxylic acids is 1. The summed E-state index contributed by atoms with van der Waals surface area (Å²) in [7, 11) is 1.66. The number of rotatable bonds is 6. The minimum atomic E-state index is -0.168. The topological polar surface area (TPSA) is 54.0 Å². The van der Waals surface area contributed by atoms with Crippen molar-refractivity contribution in [1.29, 1.82) is 0 Å². The Morgan fingerprint density at radius 1 is 1.11 bits per heavy atom. The van der Waals surface area contributed by atoms with E-state index in [9.17, 15) is 4.79 Å². The lowest BCUT2D eigenvalue weighted by Crippen LogP contribution is -2.36. The Kier molecular flexibility index (Phi) is 5.67. The first kappa shape index (κ1) is 18.6. The van der Waals surface area contributed by atoms with Crippen LogP contribution in [0.1, 0.15) is 12.0 Å². The Morgan fingerprint density at radius 2 is 1.89 bits per heavy atom. The van der Waals surface area contributed by atoms with Crippen molar-refractivity contribution in [2.45, 2.75) is 19.0 Å². The van der Waals surface area contributed by atoms with Gasteiger partial charge in [-0.15, -0.1) is 0 Å². The second-order valence-electron chi connectivity index (χ2n) is 7.24. The molecule has 6 nitrogen and oxygen atoms in total. The number of nitrogens with one attached hydrogen (secondary N) is 1. The van der Waals surface area contributed by atoms with Gasteiger partial charge in [-0.25, -0.2) is 0 Å². The zero-order chi connectivity index (χ0) is 19.3. The highest BCUT2D eigenvalue weighted by atomic mass is 16.5. The highest BCUT2D eigenvalue weighted by molar-refractivity contribution is 5.87. The summed E-state index contributed by atoms with van der Waals surface area (Å²) >= 11 is 0. The smallest absolute Gasteiger partial charge is 0.245 e. The van der Waals surface area contributed by atoms with Gasteiger partial charge in [0, 0.05) is 37.6 Å². The van der Waals surface area contributed by atoms with E-state index in [0.29, 0.717) is 6.54 Å². The molecule has 2 aromatic rings. The summed E-state index contributed by atoms with van der Waals surface area (Å²) in [4.78, 5) is 17.1. The summed E-state index contributed by atoms with van der Waals surface area (Å²) < 4.78 is 10.6. The summed E-state index contributed by atoms with van der Waals surface area (Å²) in [6.45, 7) is 4.74. The van der Waals surface area contributed by atoms with Crippen LogP contribution in [0.4, 0.5) is 11.4 Å². The lowest BCUT2D eigenvalue weighted by Gasteiger charge is -2.29. The molecule has 148 valence electrons. The maximum Gasteiger partial charge on any atom is 0.245 e. The highest BCUT2D eigenvalue weighted by Gasteiger charge is 2.31. The number of morpholine rings is 1. The minimum Gasteiger partial charge on any atom is -0.497 e. The van der Waals surface area contributed by atoms with Gasteiger partial charge in [-0.05, 0) is 42.3 Å². The fourth-order valence-electron chi connectivity index (χ4n) is 3.80. The van der Waals surface area contributed by atoms with E-state index < -0.39 is 0 Å². The lowest BCUT2D eigenvalue weighted by molar-refractivity contribution is -0.128. The number of carbonyl (C=O) groups is 1. The predicted octanol–water partition coefficient (Wildman–Crippen LogP) is 2.74. The molecule has 4 rings (SSSR count). The molecule has 0 spiro atoms. The molecule has 0 aliphatic carbocycles. The summed E-state index contributed by atoms with van der Waals surface area (Å²) in [5.74, 6) is 0.990. The zero-order valence-corrected chi connectivity index (χ0v) is 16.3. The first-order valence-corrected chi connectivity index (χ1v) is 9.84. The first-order chi connectivity index (χ1) is 13.7. The SMILES string of the molecule is COc1ccc(CN2CCC(Nc3cccc(N4CCOCC4)c3)C2=O)cc1. The number of ether oxygens (including phenoxy) is 2. The van der Waals surface area contributed by atoms with Gasteiger partial charge in [0.15, 0.2) is 0 Å². The monoisotopic (exact) mass is 381 g/mol. The van der Waals surface area contributed by atoms with Crippen LogP contribution in [0.3, 0.4) is 0 Å². The Bertz CT molecular complexity index is 803. The molecule has 28 heavy (non-hydrogen) atoms. The molecular formula is C22H27N3O3. The highest BCUT2D eigenvalue weighted by Crippen LogP contribution is 2.24. The summed E-state index contributed by atoms with van der Waals surface area (Å²) in [6.07, 6.45) is 0.816. The number of methoxy groups -OCH3 is 1. The molecule has 2 fully saturated rings. The Hall–Kier alpha value is -2.73. The quantitative estimate of drug-likeness (QED) is 0.834. The number of benzene rings is 2. The van der Waals surface area contributed by atoms with E-state index >= 15 is 0 Å². The summed E-state index contributed by atoms with van der Waals surface area (Å²) in [6, 6.07) is 16.0. The molecule has 1 amide bonds. The predicted molar refractivity (Wildman–Crippen MR) is 110 cm³/mol. The van der Waals surface area contributed by atoms with Crippen molar-refractivity contribution in [1.82, 2.24) is 4.90 Å². The molecule has 1 N–H and O–H groups in total. The Balaban J connectivity index is 1.37. The van der Waals surface area contributed by atoms with Crippen molar-refractivity contribution in [2.75, 3.05) is 50.2 Å².